The minimum absolute atomic E-state index is 0.102. The third-order valence-corrected chi connectivity index (χ3v) is 7.63. The highest BCUT2D eigenvalue weighted by molar-refractivity contribution is 7.07. The van der Waals surface area contributed by atoms with Crippen LogP contribution in [-0.4, -0.2) is 41.9 Å². The molecule has 0 aliphatic carbocycles. The number of aromatic carboxylic acids is 1. The summed E-state index contributed by atoms with van der Waals surface area (Å²) in [6, 6.07) is 14.3. The number of carbonyl (C=O) groups is 2. The summed E-state index contributed by atoms with van der Waals surface area (Å²) in [4.78, 5) is 43.8. The molecule has 11 heteroatoms. The van der Waals surface area contributed by atoms with Crippen LogP contribution in [0, 0.1) is 0 Å². The highest BCUT2D eigenvalue weighted by Crippen LogP contribution is 2.36. The van der Waals surface area contributed by atoms with Crippen molar-refractivity contribution in [2.45, 2.75) is 26.8 Å². The van der Waals surface area contributed by atoms with Gasteiger partial charge in [-0.15, -0.1) is 0 Å². The van der Waals surface area contributed by atoms with Crippen molar-refractivity contribution >= 4 is 29.4 Å². The SMILES string of the molecule is CCOC(=O)C1=C(C)N=c2sc(=Cc3ccc(-c4ccccc4C(=O)O)o3)c(=O)n2[C@H]1c1ccc(OC)c(OCC)c1. The fraction of sp³-hybridized carbons (Fsp3) is 0.226. The number of ether oxygens (including phenoxy) is 3. The van der Waals surface area contributed by atoms with Crippen LogP contribution in [0.2, 0.25) is 0 Å². The number of rotatable bonds is 9. The predicted molar refractivity (Wildman–Crippen MR) is 156 cm³/mol. The number of esters is 1. The van der Waals surface area contributed by atoms with E-state index in [-0.39, 0.29) is 23.3 Å². The van der Waals surface area contributed by atoms with E-state index in [1.165, 1.54) is 17.7 Å². The molecule has 3 heterocycles. The Morgan fingerprint density at radius 3 is 2.60 bits per heavy atom. The van der Waals surface area contributed by atoms with E-state index in [1.54, 1.807) is 68.5 Å². The van der Waals surface area contributed by atoms with Crippen LogP contribution in [0.3, 0.4) is 0 Å². The summed E-state index contributed by atoms with van der Waals surface area (Å²) in [5.74, 6) is 0.0606. The van der Waals surface area contributed by atoms with Gasteiger partial charge in [-0.05, 0) is 56.7 Å². The Morgan fingerprint density at radius 2 is 1.88 bits per heavy atom. The summed E-state index contributed by atoms with van der Waals surface area (Å²) in [6.07, 6.45) is 1.58. The van der Waals surface area contributed by atoms with Gasteiger partial charge in [0, 0.05) is 11.6 Å². The Morgan fingerprint density at radius 1 is 1.10 bits per heavy atom. The molecule has 0 amide bonds. The average molecular weight is 589 g/mol. The molecule has 1 atom stereocenters. The monoisotopic (exact) mass is 588 g/mol. The van der Waals surface area contributed by atoms with Gasteiger partial charge in [0.15, 0.2) is 16.3 Å². The quantitative estimate of drug-likeness (QED) is 0.289. The molecule has 216 valence electrons. The van der Waals surface area contributed by atoms with Gasteiger partial charge in [0.25, 0.3) is 5.56 Å². The lowest BCUT2D eigenvalue weighted by atomic mass is 9.95. The molecular formula is C31H28N2O8S. The summed E-state index contributed by atoms with van der Waals surface area (Å²) >= 11 is 1.15. The van der Waals surface area contributed by atoms with Crippen LogP contribution < -0.4 is 24.4 Å². The number of aromatic nitrogens is 1. The lowest BCUT2D eigenvalue weighted by Gasteiger charge is -2.25. The molecule has 0 radical (unpaired) electrons. The summed E-state index contributed by atoms with van der Waals surface area (Å²) in [7, 11) is 1.54. The Balaban J connectivity index is 1.66. The minimum Gasteiger partial charge on any atom is -0.493 e. The van der Waals surface area contributed by atoms with Crippen molar-refractivity contribution in [3.8, 4) is 22.8 Å². The summed E-state index contributed by atoms with van der Waals surface area (Å²) < 4.78 is 24.3. The fourth-order valence-corrected chi connectivity index (χ4v) is 5.85. The van der Waals surface area contributed by atoms with Gasteiger partial charge in [-0.3, -0.25) is 9.36 Å². The number of hydrogen-bond donors (Lipinski definition) is 1. The first-order valence-electron chi connectivity index (χ1n) is 13.2. The normalized spacial score (nSPS) is 14.8. The topological polar surface area (TPSA) is 130 Å². The van der Waals surface area contributed by atoms with Gasteiger partial charge in [-0.1, -0.05) is 35.6 Å². The van der Waals surface area contributed by atoms with Gasteiger partial charge in [0.2, 0.25) is 0 Å². The molecule has 4 aromatic rings. The van der Waals surface area contributed by atoms with E-state index < -0.39 is 18.0 Å². The molecule has 0 bridgehead atoms. The minimum atomic E-state index is -1.07. The zero-order chi connectivity index (χ0) is 30.0. The van der Waals surface area contributed by atoms with Crippen molar-refractivity contribution in [3.63, 3.8) is 0 Å². The number of furan rings is 1. The third kappa shape index (κ3) is 5.26. The number of nitrogens with zero attached hydrogens (tertiary/aromatic N) is 2. The first kappa shape index (κ1) is 28.6. The van der Waals surface area contributed by atoms with E-state index in [9.17, 15) is 19.5 Å². The zero-order valence-corrected chi connectivity index (χ0v) is 24.2. The molecule has 0 saturated heterocycles. The molecule has 2 aromatic heterocycles. The van der Waals surface area contributed by atoms with Crippen LogP contribution in [-0.2, 0) is 9.53 Å². The third-order valence-electron chi connectivity index (χ3n) is 6.64. The second-order valence-corrected chi connectivity index (χ2v) is 10.2. The number of carboxylic acids is 1. The molecule has 10 nitrogen and oxygen atoms in total. The largest absolute Gasteiger partial charge is 0.493 e. The molecule has 42 heavy (non-hydrogen) atoms. The molecule has 5 rings (SSSR count). The molecule has 2 aromatic carbocycles. The highest BCUT2D eigenvalue weighted by atomic mass is 32.1. The number of benzene rings is 2. The molecule has 0 unspecified atom stereocenters. The highest BCUT2D eigenvalue weighted by Gasteiger charge is 2.34. The van der Waals surface area contributed by atoms with Gasteiger partial charge in [-0.25, -0.2) is 14.6 Å². The Hall–Kier alpha value is -4.90. The number of allylic oxidation sites excluding steroid dienone is 1. The maximum atomic E-state index is 13.9. The van der Waals surface area contributed by atoms with Crippen LogP contribution in [0.5, 0.6) is 11.5 Å². The van der Waals surface area contributed by atoms with Crippen molar-refractivity contribution in [1.29, 1.82) is 0 Å². The Labute approximate surface area is 244 Å². The number of fused-ring (bicyclic) bond motifs is 1. The van der Waals surface area contributed by atoms with Crippen LogP contribution in [0.4, 0.5) is 0 Å². The van der Waals surface area contributed by atoms with Crippen molar-refractivity contribution in [2.75, 3.05) is 20.3 Å². The number of carboxylic acid groups (broad SMARTS) is 1. The van der Waals surface area contributed by atoms with Gasteiger partial charge in [-0.2, -0.15) is 0 Å². The fourth-order valence-electron chi connectivity index (χ4n) is 4.83. The standard InChI is InChI=1S/C31H28N2O8S/c1-5-39-24-15-18(11-13-23(24)38-4)27-26(30(37)40-6-2)17(3)32-31-33(27)28(34)25(42-31)16-19-12-14-22(41-19)20-9-7-8-10-21(20)29(35)36/h7-16,27H,5-6H2,1-4H3,(H,35,36)/t27-/m0/s1. The smallest absolute Gasteiger partial charge is 0.338 e. The molecule has 1 N–H and O–H groups in total. The van der Waals surface area contributed by atoms with E-state index in [0.717, 1.165) is 11.3 Å². The number of methoxy groups -OCH3 is 1. The number of thiazole rings is 1. The summed E-state index contributed by atoms with van der Waals surface area (Å²) in [5, 5.41) is 9.56. The van der Waals surface area contributed by atoms with E-state index in [2.05, 4.69) is 4.99 Å². The van der Waals surface area contributed by atoms with E-state index in [1.807, 2.05) is 6.92 Å². The zero-order valence-electron chi connectivity index (χ0n) is 23.4. The van der Waals surface area contributed by atoms with Crippen molar-refractivity contribution in [3.05, 3.63) is 102 Å². The van der Waals surface area contributed by atoms with E-state index in [4.69, 9.17) is 18.6 Å². The lowest BCUT2D eigenvalue weighted by Crippen LogP contribution is -2.39. The van der Waals surface area contributed by atoms with Crippen LogP contribution in [0.15, 0.2) is 80.1 Å². The van der Waals surface area contributed by atoms with Gasteiger partial charge in [0.05, 0.1) is 47.7 Å². The maximum Gasteiger partial charge on any atom is 0.338 e. The van der Waals surface area contributed by atoms with Gasteiger partial charge >= 0.3 is 11.9 Å². The second-order valence-electron chi connectivity index (χ2n) is 9.20. The van der Waals surface area contributed by atoms with Crippen LogP contribution in [0.25, 0.3) is 17.4 Å². The Bertz CT molecular complexity index is 1900. The van der Waals surface area contributed by atoms with Crippen molar-refractivity contribution < 1.29 is 33.3 Å². The molecule has 0 saturated carbocycles. The van der Waals surface area contributed by atoms with Crippen LogP contribution in [0.1, 0.15) is 48.5 Å². The van der Waals surface area contributed by atoms with Crippen LogP contribution >= 0.6 is 11.3 Å². The van der Waals surface area contributed by atoms with Crippen molar-refractivity contribution in [2.24, 2.45) is 4.99 Å². The average Bonchev–Trinajstić information content (AvgIpc) is 3.56. The molecular weight excluding hydrogens is 560 g/mol. The van der Waals surface area contributed by atoms with Gasteiger partial charge < -0.3 is 23.7 Å². The predicted octanol–water partition coefficient (Wildman–Crippen LogP) is 4.16. The molecule has 1 aliphatic rings. The summed E-state index contributed by atoms with van der Waals surface area (Å²) in [5.41, 5.74) is 1.45. The second kappa shape index (κ2) is 11.9. The van der Waals surface area contributed by atoms with E-state index >= 15 is 0 Å². The molecule has 1 aliphatic heterocycles. The first-order chi connectivity index (χ1) is 20.3. The van der Waals surface area contributed by atoms with E-state index in [0.29, 0.717) is 55.8 Å². The molecule has 0 fully saturated rings. The molecule has 0 spiro atoms. The Kier molecular flexibility index (Phi) is 8.12. The lowest BCUT2D eigenvalue weighted by molar-refractivity contribution is -0.139. The number of carbonyl (C=O) groups excluding carboxylic acids is 1. The number of hydrogen-bond acceptors (Lipinski definition) is 9. The van der Waals surface area contributed by atoms with Crippen molar-refractivity contribution in [1.82, 2.24) is 4.57 Å². The summed E-state index contributed by atoms with van der Waals surface area (Å²) in [6.45, 7) is 5.83. The van der Waals surface area contributed by atoms with Gasteiger partial charge in [0.1, 0.15) is 11.5 Å². The first-order valence-corrected chi connectivity index (χ1v) is 14.0. The maximum absolute atomic E-state index is 13.9.